The summed E-state index contributed by atoms with van der Waals surface area (Å²) < 4.78 is 27.6. The van der Waals surface area contributed by atoms with Crippen LogP contribution >= 0.6 is 22.9 Å². The summed E-state index contributed by atoms with van der Waals surface area (Å²) in [6.45, 7) is 3.25. The van der Waals surface area contributed by atoms with Crippen molar-refractivity contribution < 1.29 is 13.2 Å². The fourth-order valence-corrected chi connectivity index (χ4v) is 5.28. The van der Waals surface area contributed by atoms with Crippen LogP contribution in [0, 0.1) is 13.8 Å². The highest BCUT2D eigenvalue weighted by Gasteiger charge is 2.28. The number of hydrogen-bond acceptors (Lipinski definition) is 5. The van der Waals surface area contributed by atoms with Gasteiger partial charge in [-0.1, -0.05) is 29.8 Å². The SMILES string of the molecule is Cc1cc(Cl)ccc1N(CC(=O)NN=Cc1sccc1C)S(=O)(=O)c1ccccc1. The first-order chi connectivity index (χ1) is 14.3. The van der Waals surface area contributed by atoms with Gasteiger partial charge < -0.3 is 0 Å². The van der Waals surface area contributed by atoms with Crippen molar-refractivity contribution >= 4 is 50.8 Å². The van der Waals surface area contributed by atoms with E-state index in [1.165, 1.54) is 23.5 Å². The largest absolute Gasteiger partial charge is 0.271 e. The van der Waals surface area contributed by atoms with E-state index in [2.05, 4.69) is 10.5 Å². The van der Waals surface area contributed by atoms with Crippen LogP contribution in [-0.4, -0.2) is 27.1 Å². The maximum Gasteiger partial charge on any atom is 0.264 e. The zero-order chi connectivity index (χ0) is 21.7. The van der Waals surface area contributed by atoms with Gasteiger partial charge in [0.1, 0.15) is 6.54 Å². The minimum atomic E-state index is -3.98. The Bertz CT molecular complexity index is 1180. The third kappa shape index (κ3) is 5.08. The predicted molar refractivity (Wildman–Crippen MR) is 122 cm³/mol. The Morgan fingerprint density at radius 2 is 1.87 bits per heavy atom. The third-order valence-electron chi connectivity index (χ3n) is 4.32. The number of nitrogens with zero attached hydrogens (tertiary/aromatic N) is 2. The summed E-state index contributed by atoms with van der Waals surface area (Å²) in [6, 6.07) is 14.8. The average molecular weight is 462 g/mol. The Kier molecular flexibility index (Phi) is 6.91. The van der Waals surface area contributed by atoms with E-state index in [0.717, 1.165) is 14.7 Å². The molecule has 0 fully saturated rings. The Hall–Kier alpha value is -2.68. The predicted octanol–water partition coefficient (Wildman–Crippen LogP) is 4.36. The molecule has 0 radical (unpaired) electrons. The number of anilines is 1. The van der Waals surface area contributed by atoms with E-state index in [0.29, 0.717) is 16.3 Å². The van der Waals surface area contributed by atoms with E-state index in [4.69, 9.17) is 11.6 Å². The average Bonchev–Trinajstić information content (AvgIpc) is 3.12. The molecule has 0 aliphatic rings. The van der Waals surface area contributed by atoms with Crippen LogP contribution in [0.2, 0.25) is 5.02 Å². The quantitative estimate of drug-likeness (QED) is 0.419. The minimum absolute atomic E-state index is 0.0878. The molecule has 0 unspecified atom stereocenters. The van der Waals surface area contributed by atoms with Crippen molar-refractivity contribution in [2.75, 3.05) is 10.8 Å². The van der Waals surface area contributed by atoms with Gasteiger partial charge in [-0.15, -0.1) is 11.3 Å². The van der Waals surface area contributed by atoms with E-state index in [9.17, 15) is 13.2 Å². The number of hydrazone groups is 1. The Balaban J connectivity index is 1.89. The minimum Gasteiger partial charge on any atom is -0.271 e. The van der Waals surface area contributed by atoms with Crippen LogP contribution in [0.5, 0.6) is 0 Å². The van der Waals surface area contributed by atoms with E-state index in [1.54, 1.807) is 49.5 Å². The molecule has 0 saturated heterocycles. The number of amides is 1. The first-order valence-corrected chi connectivity index (χ1v) is 11.7. The number of sulfonamides is 1. The molecule has 0 saturated carbocycles. The number of halogens is 1. The number of thiophene rings is 1. The molecule has 3 rings (SSSR count). The molecule has 3 aromatic rings. The zero-order valence-corrected chi connectivity index (χ0v) is 18.8. The first-order valence-electron chi connectivity index (χ1n) is 8.99. The molecule has 6 nitrogen and oxygen atoms in total. The molecular formula is C21H20ClN3O3S2. The highest BCUT2D eigenvalue weighted by molar-refractivity contribution is 7.92. The molecule has 30 heavy (non-hydrogen) atoms. The van der Waals surface area contributed by atoms with Crippen LogP contribution in [-0.2, 0) is 14.8 Å². The molecule has 0 spiro atoms. The van der Waals surface area contributed by atoms with Gasteiger partial charge in [0.25, 0.3) is 15.9 Å². The van der Waals surface area contributed by atoms with Crippen molar-refractivity contribution in [3.05, 3.63) is 81.0 Å². The summed E-state index contributed by atoms with van der Waals surface area (Å²) in [7, 11) is -3.98. The molecule has 1 heterocycles. The number of benzene rings is 2. The summed E-state index contributed by atoms with van der Waals surface area (Å²) in [4.78, 5) is 13.5. The molecule has 1 amide bonds. The van der Waals surface area contributed by atoms with Gasteiger partial charge in [0.05, 0.1) is 16.8 Å². The van der Waals surface area contributed by atoms with Crippen LogP contribution in [0.1, 0.15) is 16.0 Å². The monoisotopic (exact) mass is 461 g/mol. The molecule has 9 heteroatoms. The van der Waals surface area contributed by atoms with Gasteiger partial charge in [-0.05, 0) is 66.8 Å². The highest BCUT2D eigenvalue weighted by Crippen LogP contribution is 2.28. The van der Waals surface area contributed by atoms with Crippen LogP contribution in [0.15, 0.2) is 70.0 Å². The Morgan fingerprint density at radius 1 is 1.13 bits per heavy atom. The lowest BCUT2D eigenvalue weighted by atomic mass is 10.2. The summed E-state index contributed by atoms with van der Waals surface area (Å²) >= 11 is 7.52. The molecule has 0 aliphatic heterocycles. The summed E-state index contributed by atoms with van der Waals surface area (Å²) in [5.74, 6) is -0.561. The summed E-state index contributed by atoms with van der Waals surface area (Å²) in [5, 5.41) is 6.36. The highest BCUT2D eigenvalue weighted by atomic mass is 35.5. The van der Waals surface area contributed by atoms with Gasteiger partial charge in [-0.25, -0.2) is 13.8 Å². The fraction of sp³-hybridized carbons (Fsp3) is 0.143. The zero-order valence-electron chi connectivity index (χ0n) is 16.4. The third-order valence-corrected chi connectivity index (χ3v) is 7.28. The second-order valence-electron chi connectivity index (χ2n) is 6.52. The van der Waals surface area contributed by atoms with Crippen molar-refractivity contribution in [2.24, 2.45) is 5.10 Å². The number of aryl methyl sites for hydroxylation is 2. The molecular weight excluding hydrogens is 442 g/mol. The first kappa shape index (κ1) is 22.0. The molecule has 156 valence electrons. The van der Waals surface area contributed by atoms with Crippen LogP contribution in [0.25, 0.3) is 0 Å². The lowest BCUT2D eigenvalue weighted by molar-refractivity contribution is -0.119. The topological polar surface area (TPSA) is 78.8 Å². The van der Waals surface area contributed by atoms with Crippen molar-refractivity contribution in [2.45, 2.75) is 18.7 Å². The van der Waals surface area contributed by atoms with Gasteiger partial charge in [0.15, 0.2) is 0 Å². The molecule has 0 atom stereocenters. The summed E-state index contributed by atoms with van der Waals surface area (Å²) in [5.41, 5.74) is 4.46. The molecule has 1 N–H and O–H groups in total. The van der Waals surface area contributed by atoms with Gasteiger partial charge in [-0.3, -0.25) is 9.10 Å². The van der Waals surface area contributed by atoms with E-state index < -0.39 is 22.5 Å². The van der Waals surface area contributed by atoms with Crippen molar-refractivity contribution in [3.8, 4) is 0 Å². The smallest absolute Gasteiger partial charge is 0.264 e. The summed E-state index contributed by atoms with van der Waals surface area (Å²) in [6.07, 6.45) is 1.54. The fourth-order valence-electron chi connectivity index (χ4n) is 2.76. The van der Waals surface area contributed by atoms with Gasteiger partial charge in [-0.2, -0.15) is 5.10 Å². The van der Waals surface area contributed by atoms with Gasteiger partial charge in [0, 0.05) is 9.90 Å². The molecule has 0 aliphatic carbocycles. The van der Waals surface area contributed by atoms with E-state index in [1.807, 2.05) is 18.4 Å². The van der Waals surface area contributed by atoms with Crippen molar-refractivity contribution in [1.29, 1.82) is 0 Å². The number of rotatable bonds is 7. The van der Waals surface area contributed by atoms with E-state index >= 15 is 0 Å². The molecule has 1 aromatic heterocycles. The van der Waals surface area contributed by atoms with E-state index in [-0.39, 0.29) is 4.90 Å². The maximum absolute atomic E-state index is 13.3. The van der Waals surface area contributed by atoms with Gasteiger partial charge in [0.2, 0.25) is 0 Å². The molecule has 0 bridgehead atoms. The normalized spacial score (nSPS) is 11.6. The Morgan fingerprint density at radius 3 is 2.50 bits per heavy atom. The lowest BCUT2D eigenvalue weighted by Gasteiger charge is -2.25. The number of nitrogens with one attached hydrogen (secondary N) is 1. The second-order valence-corrected chi connectivity index (χ2v) is 9.76. The Labute approximate surface area is 184 Å². The van der Waals surface area contributed by atoms with Crippen LogP contribution in [0.3, 0.4) is 0 Å². The number of carbonyl (C=O) groups is 1. The number of carbonyl (C=O) groups excluding carboxylic acids is 1. The lowest BCUT2D eigenvalue weighted by Crippen LogP contribution is -2.40. The van der Waals surface area contributed by atoms with Crippen molar-refractivity contribution in [1.82, 2.24) is 5.43 Å². The van der Waals surface area contributed by atoms with Crippen molar-refractivity contribution in [3.63, 3.8) is 0 Å². The standard InChI is InChI=1S/C21H20ClN3O3S2/c1-15-10-11-29-20(15)13-23-24-21(26)14-25(19-9-8-17(22)12-16(19)2)30(27,28)18-6-4-3-5-7-18/h3-13H,14H2,1-2H3,(H,24,26). The van der Waals surface area contributed by atoms with Gasteiger partial charge >= 0.3 is 0 Å². The van der Waals surface area contributed by atoms with Crippen LogP contribution in [0.4, 0.5) is 5.69 Å². The molecule has 2 aromatic carbocycles. The maximum atomic E-state index is 13.3. The van der Waals surface area contributed by atoms with Crippen LogP contribution < -0.4 is 9.73 Å². The second kappa shape index (κ2) is 9.42. The number of hydrogen-bond donors (Lipinski definition) is 1.